The zero-order valence-corrected chi connectivity index (χ0v) is 19.1. The third-order valence-corrected chi connectivity index (χ3v) is 5.65. The van der Waals surface area contributed by atoms with Gasteiger partial charge in [-0.05, 0) is 41.5 Å². The summed E-state index contributed by atoms with van der Waals surface area (Å²) in [5.74, 6) is -0.173. The van der Waals surface area contributed by atoms with Crippen molar-refractivity contribution in [2.45, 2.75) is 25.9 Å². The molecule has 1 N–H and O–H groups in total. The van der Waals surface area contributed by atoms with Crippen molar-refractivity contribution in [2.24, 2.45) is 0 Å². The Hall–Kier alpha value is -3.22. The molecule has 0 unspecified atom stereocenters. The van der Waals surface area contributed by atoms with Gasteiger partial charge in [-0.2, -0.15) is 5.26 Å². The molecule has 32 heavy (non-hydrogen) atoms. The number of sulfonamides is 1. The lowest BCUT2D eigenvalue weighted by Crippen LogP contribution is -2.19. The second-order valence-electron chi connectivity index (χ2n) is 7.62. The number of ether oxygens (including phenoxy) is 1. The van der Waals surface area contributed by atoms with E-state index in [0.717, 1.165) is 11.8 Å². The van der Waals surface area contributed by atoms with Crippen LogP contribution in [0.4, 0.5) is 10.3 Å². The van der Waals surface area contributed by atoms with Crippen molar-refractivity contribution in [2.75, 3.05) is 11.0 Å². The first-order chi connectivity index (χ1) is 15.0. The molecule has 0 bridgehead atoms. The van der Waals surface area contributed by atoms with Gasteiger partial charge < -0.3 is 4.74 Å². The van der Waals surface area contributed by atoms with Crippen LogP contribution in [0.2, 0.25) is 5.02 Å². The SMILES string of the molecule is CC(C)(c1ccc(OCc2ccnc(NS(C)(=O)=O)n2)cc1)c1cc(Cl)c(F)c(C#N)c1. The van der Waals surface area contributed by atoms with Crippen LogP contribution >= 0.6 is 11.6 Å². The topological polar surface area (TPSA) is 105 Å². The molecule has 0 atom stereocenters. The van der Waals surface area contributed by atoms with Crippen LogP contribution in [-0.4, -0.2) is 24.6 Å². The first-order valence-corrected chi connectivity index (χ1v) is 11.7. The summed E-state index contributed by atoms with van der Waals surface area (Å²) in [7, 11) is -3.48. The number of nitriles is 1. The second-order valence-corrected chi connectivity index (χ2v) is 9.77. The summed E-state index contributed by atoms with van der Waals surface area (Å²) in [6, 6.07) is 13.8. The maximum Gasteiger partial charge on any atom is 0.236 e. The summed E-state index contributed by atoms with van der Waals surface area (Å²) < 4.78 is 44.5. The van der Waals surface area contributed by atoms with Gasteiger partial charge in [0, 0.05) is 11.6 Å². The highest BCUT2D eigenvalue weighted by Gasteiger charge is 2.25. The van der Waals surface area contributed by atoms with Crippen LogP contribution in [0.3, 0.4) is 0 Å². The Balaban J connectivity index is 1.75. The van der Waals surface area contributed by atoms with E-state index in [9.17, 15) is 12.8 Å². The number of nitrogens with one attached hydrogen (secondary N) is 1. The van der Waals surface area contributed by atoms with Gasteiger partial charge in [0.25, 0.3) is 0 Å². The van der Waals surface area contributed by atoms with Gasteiger partial charge in [-0.3, -0.25) is 4.72 Å². The van der Waals surface area contributed by atoms with Crippen LogP contribution in [0, 0.1) is 17.1 Å². The fraction of sp³-hybridized carbons (Fsp3) is 0.227. The van der Waals surface area contributed by atoms with Crippen LogP contribution in [-0.2, 0) is 22.0 Å². The normalized spacial score (nSPS) is 11.6. The molecule has 0 aliphatic rings. The van der Waals surface area contributed by atoms with E-state index in [1.54, 1.807) is 18.2 Å². The molecule has 3 rings (SSSR count). The minimum atomic E-state index is -3.48. The summed E-state index contributed by atoms with van der Waals surface area (Å²) in [6.45, 7) is 4.01. The first kappa shape index (κ1) is 23.4. The molecule has 0 saturated carbocycles. The molecule has 0 saturated heterocycles. The Labute approximate surface area is 190 Å². The maximum absolute atomic E-state index is 13.9. The van der Waals surface area contributed by atoms with E-state index in [0.29, 0.717) is 17.0 Å². The van der Waals surface area contributed by atoms with Gasteiger partial charge in [-0.1, -0.05) is 37.6 Å². The van der Waals surface area contributed by atoms with E-state index in [2.05, 4.69) is 14.7 Å². The minimum absolute atomic E-state index is 0.0274. The van der Waals surface area contributed by atoms with E-state index < -0.39 is 21.3 Å². The summed E-state index contributed by atoms with van der Waals surface area (Å²) in [5.41, 5.74) is 1.48. The van der Waals surface area contributed by atoms with Gasteiger partial charge in [-0.25, -0.2) is 22.8 Å². The zero-order valence-electron chi connectivity index (χ0n) is 17.6. The monoisotopic (exact) mass is 474 g/mol. The number of rotatable bonds is 7. The Bertz CT molecular complexity index is 1290. The molecular weight excluding hydrogens is 455 g/mol. The number of hydrogen-bond donors (Lipinski definition) is 1. The van der Waals surface area contributed by atoms with Crippen LogP contribution in [0.1, 0.15) is 36.2 Å². The van der Waals surface area contributed by atoms with Crippen molar-refractivity contribution in [3.8, 4) is 11.8 Å². The number of benzene rings is 2. The molecule has 0 spiro atoms. The van der Waals surface area contributed by atoms with Gasteiger partial charge in [0.2, 0.25) is 16.0 Å². The predicted octanol–water partition coefficient (Wildman–Crippen LogP) is 4.42. The van der Waals surface area contributed by atoms with Crippen molar-refractivity contribution >= 4 is 27.6 Å². The second kappa shape index (κ2) is 9.10. The summed E-state index contributed by atoms with van der Waals surface area (Å²) in [6.07, 6.45) is 2.46. The maximum atomic E-state index is 13.9. The zero-order chi connectivity index (χ0) is 23.5. The van der Waals surface area contributed by atoms with Gasteiger partial charge in [0.1, 0.15) is 18.4 Å². The lowest BCUT2D eigenvalue weighted by Gasteiger charge is -2.27. The molecule has 0 aliphatic heterocycles. The molecule has 0 radical (unpaired) electrons. The first-order valence-electron chi connectivity index (χ1n) is 9.42. The van der Waals surface area contributed by atoms with Crippen molar-refractivity contribution in [1.82, 2.24) is 9.97 Å². The highest BCUT2D eigenvalue weighted by atomic mass is 35.5. The highest BCUT2D eigenvalue weighted by Crippen LogP contribution is 2.35. The van der Waals surface area contributed by atoms with Crippen LogP contribution < -0.4 is 9.46 Å². The Morgan fingerprint density at radius 1 is 1.19 bits per heavy atom. The smallest absolute Gasteiger partial charge is 0.236 e. The highest BCUT2D eigenvalue weighted by molar-refractivity contribution is 7.91. The molecule has 3 aromatic rings. The minimum Gasteiger partial charge on any atom is -0.487 e. The standard InChI is InChI=1S/C22H20ClFN4O3S/c1-22(2,16-10-14(12-25)20(24)19(23)11-16)15-4-6-18(7-5-15)31-13-17-8-9-26-21(27-17)28-32(3,29)30/h4-11H,13H2,1-3H3,(H,26,27,28). The molecule has 2 aromatic carbocycles. The van der Waals surface area contributed by atoms with Crippen LogP contribution in [0.25, 0.3) is 0 Å². The number of nitrogens with zero attached hydrogens (tertiary/aromatic N) is 3. The third kappa shape index (κ3) is 5.52. The molecule has 0 amide bonds. The van der Waals surface area contributed by atoms with E-state index in [1.807, 2.05) is 32.0 Å². The van der Waals surface area contributed by atoms with Gasteiger partial charge >= 0.3 is 0 Å². The van der Waals surface area contributed by atoms with E-state index in [-0.39, 0.29) is 23.1 Å². The fourth-order valence-electron chi connectivity index (χ4n) is 3.01. The number of aromatic nitrogens is 2. The Morgan fingerprint density at radius 3 is 2.50 bits per heavy atom. The van der Waals surface area contributed by atoms with E-state index in [1.165, 1.54) is 18.3 Å². The van der Waals surface area contributed by atoms with Gasteiger partial charge in [0.05, 0.1) is 22.5 Å². The average molecular weight is 475 g/mol. The molecular formula is C22H20ClFN4O3S. The van der Waals surface area contributed by atoms with Crippen LogP contribution in [0.5, 0.6) is 5.75 Å². The van der Waals surface area contributed by atoms with Crippen LogP contribution in [0.15, 0.2) is 48.7 Å². The fourth-order valence-corrected chi connectivity index (χ4v) is 3.66. The third-order valence-electron chi connectivity index (χ3n) is 4.82. The molecule has 1 heterocycles. The molecule has 1 aromatic heterocycles. The average Bonchev–Trinajstić information content (AvgIpc) is 2.73. The van der Waals surface area contributed by atoms with Crippen molar-refractivity contribution in [3.63, 3.8) is 0 Å². The lowest BCUT2D eigenvalue weighted by atomic mass is 9.77. The summed E-state index contributed by atoms with van der Waals surface area (Å²) >= 11 is 5.97. The summed E-state index contributed by atoms with van der Waals surface area (Å²) in [5, 5.41) is 9.06. The predicted molar refractivity (Wildman–Crippen MR) is 120 cm³/mol. The van der Waals surface area contributed by atoms with E-state index >= 15 is 0 Å². The van der Waals surface area contributed by atoms with E-state index in [4.69, 9.17) is 21.6 Å². The quantitative estimate of drug-likeness (QED) is 0.543. The van der Waals surface area contributed by atoms with Gasteiger partial charge in [0.15, 0.2) is 5.82 Å². The number of halogens is 2. The van der Waals surface area contributed by atoms with Gasteiger partial charge in [-0.15, -0.1) is 0 Å². The molecule has 0 fully saturated rings. The number of hydrogen-bond acceptors (Lipinski definition) is 6. The van der Waals surface area contributed by atoms with Crippen molar-refractivity contribution in [3.05, 3.63) is 81.9 Å². The molecule has 0 aliphatic carbocycles. The van der Waals surface area contributed by atoms with Crippen molar-refractivity contribution in [1.29, 1.82) is 5.26 Å². The van der Waals surface area contributed by atoms with Crippen molar-refractivity contribution < 1.29 is 17.5 Å². The summed E-state index contributed by atoms with van der Waals surface area (Å²) in [4.78, 5) is 7.97. The Kier molecular flexibility index (Phi) is 6.67. The molecule has 7 nitrogen and oxygen atoms in total. The Morgan fingerprint density at radius 2 is 1.88 bits per heavy atom. The largest absolute Gasteiger partial charge is 0.487 e. The lowest BCUT2D eigenvalue weighted by molar-refractivity contribution is 0.301. The number of anilines is 1. The molecule has 10 heteroatoms. The molecule has 166 valence electrons.